The molecule has 0 bridgehead atoms. The first-order valence-corrected chi connectivity index (χ1v) is 6.82. The number of nitrogens with one attached hydrogen (secondary N) is 2. The Morgan fingerprint density at radius 1 is 1.43 bits per heavy atom. The van der Waals surface area contributed by atoms with E-state index in [1.54, 1.807) is 13.0 Å². The Balaban J connectivity index is 2.29. The van der Waals surface area contributed by atoms with Crippen LogP contribution < -0.4 is 15.5 Å². The first kappa shape index (κ1) is 15.3. The van der Waals surface area contributed by atoms with E-state index in [0.29, 0.717) is 22.9 Å². The number of benzene rings is 1. The fourth-order valence-corrected chi connectivity index (χ4v) is 2.21. The SMILES string of the molecule is COc1cc(C)c(Cl)c(C)c1NC(=O)C1=NNC(=O)CC1. The number of anilines is 1. The third kappa shape index (κ3) is 3.16. The van der Waals surface area contributed by atoms with E-state index in [4.69, 9.17) is 16.3 Å². The monoisotopic (exact) mass is 309 g/mol. The van der Waals surface area contributed by atoms with E-state index in [9.17, 15) is 9.59 Å². The summed E-state index contributed by atoms with van der Waals surface area (Å²) in [6, 6.07) is 1.76. The zero-order valence-electron chi connectivity index (χ0n) is 12.0. The summed E-state index contributed by atoms with van der Waals surface area (Å²) < 4.78 is 5.28. The number of nitrogens with zero attached hydrogens (tertiary/aromatic N) is 1. The molecule has 21 heavy (non-hydrogen) atoms. The van der Waals surface area contributed by atoms with E-state index in [0.717, 1.165) is 11.1 Å². The maximum absolute atomic E-state index is 12.2. The first-order valence-electron chi connectivity index (χ1n) is 6.44. The van der Waals surface area contributed by atoms with E-state index < -0.39 is 0 Å². The maximum Gasteiger partial charge on any atom is 0.271 e. The number of hydrogen-bond acceptors (Lipinski definition) is 4. The van der Waals surface area contributed by atoms with Crippen molar-refractivity contribution in [2.24, 2.45) is 5.10 Å². The predicted molar refractivity (Wildman–Crippen MR) is 80.9 cm³/mol. The third-order valence-corrected chi connectivity index (χ3v) is 3.85. The molecule has 0 saturated carbocycles. The molecule has 1 aliphatic rings. The lowest BCUT2D eigenvalue weighted by molar-refractivity contribution is -0.121. The highest BCUT2D eigenvalue weighted by Gasteiger charge is 2.21. The second kappa shape index (κ2) is 6.13. The largest absolute Gasteiger partial charge is 0.495 e. The molecule has 112 valence electrons. The molecule has 0 radical (unpaired) electrons. The van der Waals surface area contributed by atoms with Crippen LogP contribution in [-0.4, -0.2) is 24.6 Å². The molecule has 0 fully saturated rings. The van der Waals surface area contributed by atoms with Gasteiger partial charge >= 0.3 is 0 Å². The lowest BCUT2D eigenvalue weighted by Crippen LogP contribution is -2.33. The fourth-order valence-electron chi connectivity index (χ4n) is 2.06. The average Bonchev–Trinajstić information content (AvgIpc) is 2.48. The minimum Gasteiger partial charge on any atom is -0.495 e. The molecule has 0 aromatic heterocycles. The van der Waals surface area contributed by atoms with E-state index >= 15 is 0 Å². The van der Waals surface area contributed by atoms with Crippen molar-refractivity contribution in [2.75, 3.05) is 12.4 Å². The number of rotatable bonds is 3. The number of carbonyl (C=O) groups is 2. The van der Waals surface area contributed by atoms with Crippen molar-refractivity contribution in [2.45, 2.75) is 26.7 Å². The van der Waals surface area contributed by atoms with Crippen molar-refractivity contribution in [3.05, 3.63) is 22.2 Å². The molecule has 6 nitrogen and oxygen atoms in total. The Hall–Kier alpha value is -2.08. The van der Waals surface area contributed by atoms with Gasteiger partial charge in [-0.25, -0.2) is 5.43 Å². The van der Waals surface area contributed by atoms with Crippen LogP contribution in [0.4, 0.5) is 5.69 Å². The zero-order chi connectivity index (χ0) is 15.6. The van der Waals surface area contributed by atoms with Crippen LogP contribution in [0.1, 0.15) is 24.0 Å². The molecule has 0 atom stereocenters. The van der Waals surface area contributed by atoms with Gasteiger partial charge in [-0.15, -0.1) is 0 Å². The second-order valence-electron chi connectivity index (χ2n) is 4.76. The summed E-state index contributed by atoms with van der Waals surface area (Å²) in [4.78, 5) is 23.2. The van der Waals surface area contributed by atoms with Gasteiger partial charge in [0.05, 0.1) is 12.8 Å². The van der Waals surface area contributed by atoms with Crippen molar-refractivity contribution >= 4 is 34.8 Å². The van der Waals surface area contributed by atoms with Crippen LogP contribution in [0.2, 0.25) is 5.02 Å². The average molecular weight is 310 g/mol. The van der Waals surface area contributed by atoms with Crippen molar-refractivity contribution < 1.29 is 14.3 Å². The zero-order valence-corrected chi connectivity index (χ0v) is 12.8. The summed E-state index contributed by atoms with van der Waals surface area (Å²) in [5, 5.41) is 7.09. The van der Waals surface area contributed by atoms with Crippen molar-refractivity contribution in [3.63, 3.8) is 0 Å². The Kier molecular flexibility index (Phi) is 4.47. The van der Waals surface area contributed by atoms with Gasteiger partial charge in [0, 0.05) is 17.9 Å². The van der Waals surface area contributed by atoms with Gasteiger partial charge < -0.3 is 10.1 Å². The molecule has 1 aromatic carbocycles. The van der Waals surface area contributed by atoms with Crippen LogP contribution in [-0.2, 0) is 9.59 Å². The van der Waals surface area contributed by atoms with Gasteiger partial charge in [0.25, 0.3) is 5.91 Å². The van der Waals surface area contributed by atoms with E-state index in [-0.39, 0.29) is 23.9 Å². The molecule has 7 heteroatoms. The molecular weight excluding hydrogens is 294 g/mol. The lowest BCUT2D eigenvalue weighted by Gasteiger charge is -2.17. The number of halogens is 1. The standard InChI is InChI=1S/C14H16ClN3O3/c1-7-6-10(21-3)13(8(2)12(7)15)16-14(20)9-4-5-11(19)18-17-9/h6H,4-5H2,1-3H3,(H,16,20)(H,18,19). The summed E-state index contributed by atoms with van der Waals surface area (Å²) >= 11 is 6.21. The number of hydrogen-bond donors (Lipinski definition) is 2. The Morgan fingerprint density at radius 2 is 2.14 bits per heavy atom. The minimum atomic E-state index is -0.378. The molecule has 1 heterocycles. The summed E-state index contributed by atoms with van der Waals surface area (Å²) in [6.07, 6.45) is 0.551. The topological polar surface area (TPSA) is 79.8 Å². The van der Waals surface area contributed by atoms with Gasteiger partial charge in [-0.1, -0.05) is 11.6 Å². The Bertz CT molecular complexity index is 641. The molecule has 0 saturated heterocycles. The quantitative estimate of drug-likeness (QED) is 0.898. The van der Waals surface area contributed by atoms with E-state index in [2.05, 4.69) is 15.8 Å². The number of carbonyl (C=O) groups excluding carboxylic acids is 2. The molecule has 0 spiro atoms. The molecule has 1 aliphatic heterocycles. The number of hydrazone groups is 1. The van der Waals surface area contributed by atoms with Crippen molar-refractivity contribution in [1.82, 2.24) is 5.43 Å². The molecular formula is C14H16ClN3O3. The van der Waals surface area contributed by atoms with Crippen molar-refractivity contribution in [3.8, 4) is 5.75 Å². The lowest BCUT2D eigenvalue weighted by atomic mass is 10.1. The molecule has 0 unspecified atom stereocenters. The first-order chi connectivity index (χ1) is 9.93. The molecule has 2 rings (SSSR count). The van der Waals surface area contributed by atoms with Crippen LogP contribution in [0, 0.1) is 13.8 Å². The highest BCUT2D eigenvalue weighted by Crippen LogP contribution is 2.35. The second-order valence-corrected chi connectivity index (χ2v) is 5.14. The summed E-state index contributed by atoms with van der Waals surface area (Å²) in [7, 11) is 1.52. The van der Waals surface area contributed by atoms with Crippen LogP contribution in [0.3, 0.4) is 0 Å². The van der Waals surface area contributed by atoms with Gasteiger partial charge in [-0.2, -0.15) is 5.10 Å². The summed E-state index contributed by atoms with van der Waals surface area (Å²) in [5.74, 6) is -0.0433. The highest BCUT2D eigenvalue weighted by molar-refractivity contribution is 6.44. The predicted octanol–water partition coefficient (Wildman–Crippen LogP) is 2.17. The molecule has 2 amide bonds. The van der Waals surface area contributed by atoms with Crippen LogP contribution in [0.15, 0.2) is 11.2 Å². The Labute approximate surface area is 127 Å². The number of ether oxygens (including phenoxy) is 1. The fraction of sp³-hybridized carbons (Fsp3) is 0.357. The van der Waals surface area contributed by atoms with Crippen LogP contribution in [0.25, 0.3) is 0 Å². The smallest absolute Gasteiger partial charge is 0.271 e. The van der Waals surface area contributed by atoms with Gasteiger partial charge in [0.15, 0.2) is 0 Å². The van der Waals surface area contributed by atoms with Gasteiger partial charge in [0.1, 0.15) is 11.5 Å². The molecule has 2 N–H and O–H groups in total. The molecule has 1 aromatic rings. The maximum atomic E-state index is 12.2. The van der Waals surface area contributed by atoms with Crippen LogP contribution in [0.5, 0.6) is 5.75 Å². The van der Waals surface area contributed by atoms with Gasteiger partial charge in [-0.3, -0.25) is 9.59 Å². The minimum absolute atomic E-state index is 0.196. The van der Waals surface area contributed by atoms with E-state index in [1.165, 1.54) is 7.11 Å². The number of aryl methyl sites for hydroxylation is 1. The summed E-state index contributed by atoms with van der Waals surface area (Å²) in [5.41, 5.74) is 4.67. The van der Waals surface area contributed by atoms with Crippen LogP contribution >= 0.6 is 11.6 Å². The third-order valence-electron chi connectivity index (χ3n) is 3.27. The summed E-state index contributed by atoms with van der Waals surface area (Å²) in [6.45, 7) is 3.67. The Morgan fingerprint density at radius 3 is 2.71 bits per heavy atom. The van der Waals surface area contributed by atoms with Gasteiger partial charge in [0.2, 0.25) is 5.91 Å². The highest BCUT2D eigenvalue weighted by atomic mass is 35.5. The number of amides is 2. The normalized spacial score (nSPS) is 14.3. The van der Waals surface area contributed by atoms with Crippen molar-refractivity contribution in [1.29, 1.82) is 0 Å². The van der Waals surface area contributed by atoms with Gasteiger partial charge in [-0.05, 0) is 31.0 Å². The number of methoxy groups -OCH3 is 1. The molecule has 0 aliphatic carbocycles. The van der Waals surface area contributed by atoms with E-state index in [1.807, 2.05) is 6.92 Å².